The van der Waals surface area contributed by atoms with Gasteiger partial charge in [0.15, 0.2) is 12.2 Å². The first-order chi connectivity index (χ1) is 44.6. The molecule has 19 heteroatoms. The SMILES string of the molecule is CCC(C)CCCCCCCCCCCCC(=O)O[C@H](COC(=O)CCCCCCCCCCC(C)C)COP(=O)(O)OCC(O)COP(=O)(O)OC[C@@H](COC(=O)CCCCCCCCCC(C)C)OC(=O)CCCCCCCCCCCCCCCCCC(C)C. The van der Waals surface area contributed by atoms with E-state index in [9.17, 15) is 43.2 Å². The van der Waals surface area contributed by atoms with Gasteiger partial charge in [0.2, 0.25) is 0 Å². The Morgan fingerprint density at radius 2 is 0.516 bits per heavy atom. The Bertz CT molecular complexity index is 1840. The smallest absolute Gasteiger partial charge is 0.462 e. The van der Waals surface area contributed by atoms with Gasteiger partial charge < -0.3 is 33.8 Å². The summed E-state index contributed by atoms with van der Waals surface area (Å²) in [7, 11) is -9.91. The van der Waals surface area contributed by atoms with Crippen molar-refractivity contribution in [1.29, 1.82) is 0 Å². The Morgan fingerprint density at radius 3 is 0.763 bits per heavy atom. The van der Waals surface area contributed by atoms with Crippen LogP contribution in [0.15, 0.2) is 0 Å². The fourth-order valence-corrected chi connectivity index (χ4v) is 12.7. The van der Waals surface area contributed by atoms with Gasteiger partial charge in [0.25, 0.3) is 0 Å². The summed E-state index contributed by atoms with van der Waals surface area (Å²) < 4.78 is 68.4. The standard InChI is InChI=1S/C74H144O17P2/c1-9-67(8)53-45-37-29-20-17-18-22-32-41-49-57-74(79)90-69(60-84-71(76)54-46-38-30-24-23-27-35-43-51-65(4)5)62-88-92(80,81)86-58-68(75)59-87-93(82,83)89-63-70(61-85-72(77)55-47-39-33-25-28-36-44-52-66(6)7)91-73(78)56-48-40-31-21-16-14-12-10-11-13-15-19-26-34-42-50-64(2)3/h64-70,75H,9-63H2,1-8H3,(H,80,81)(H,82,83)/t67?,68?,69-,70-/m1/s1. The molecule has 93 heavy (non-hydrogen) atoms. The van der Waals surface area contributed by atoms with E-state index < -0.39 is 97.5 Å². The van der Waals surface area contributed by atoms with Gasteiger partial charge in [0.1, 0.15) is 19.3 Å². The maximum Gasteiger partial charge on any atom is 0.472 e. The predicted octanol–water partition coefficient (Wildman–Crippen LogP) is 21.3. The van der Waals surface area contributed by atoms with Crippen LogP contribution in [0.3, 0.4) is 0 Å². The first-order valence-electron chi connectivity index (χ1n) is 38.2. The van der Waals surface area contributed by atoms with Gasteiger partial charge in [-0.05, 0) is 49.4 Å². The molecular weight excluding hydrogens is 1220 g/mol. The van der Waals surface area contributed by atoms with Crippen LogP contribution in [-0.4, -0.2) is 96.7 Å². The minimum Gasteiger partial charge on any atom is -0.462 e. The van der Waals surface area contributed by atoms with E-state index in [1.165, 1.54) is 167 Å². The van der Waals surface area contributed by atoms with Crippen LogP contribution in [0.25, 0.3) is 0 Å². The van der Waals surface area contributed by atoms with Crippen molar-refractivity contribution in [2.24, 2.45) is 23.7 Å². The number of unbranched alkanes of at least 4 members (excludes halogenated alkanes) is 36. The van der Waals surface area contributed by atoms with Gasteiger partial charge in [-0.15, -0.1) is 0 Å². The Labute approximate surface area is 568 Å². The number of esters is 4. The average Bonchev–Trinajstić information content (AvgIpc) is 2.43. The molecule has 17 nitrogen and oxygen atoms in total. The average molecular weight is 1370 g/mol. The number of carbonyl (C=O) groups is 4. The van der Waals surface area contributed by atoms with E-state index in [0.29, 0.717) is 31.6 Å². The van der Waals surface area contributed by atoms with E-state index in [1.54, 1.807) is 0 Å². The second-order valence-corrected chi connectivity index (χ2v) is 31.3. The lowest BCUT2D eigenvalue weighted by atomic mass is 9.99. The fraction of sp³-hybridized carbons (Fsp3) is 0.946. The highest BCUT2D eigenvalue weighted by Crippen LogP contribution is 2.45. The van der Waals surface area contributed by atoms with Gasteiger partial charge in [0, 0.05) is 25.7 Å². The summed E-state index contributed by atoms with van der Waals surface area (Å²) in [6.07, 6.45) is 47.2. The molecule has 0 saturated carbocycles. The summed E-state index contributed by atoms with van der Waals surface area (Å²) in [4.78, 5) is 72.7. The molecule has 0 aliphatic heterocycles. The van der Waals surface area contributed by atoms with E-state index in [-0.39, 0.29) is 25.7 Å². The van der Waals surface area contributed by atoms with Crippen LogP contribution in [0.4, 0.5) is 0 Å². The molecule has 0 amide bonds. The summed E-state index contributed by atoms with van der Waals surface area (Å²) in [5.41, 5.74) is 0. The Hall–Kier alpha value is -1.94. The minimum absolute atomic E-state index is 0.105. The maximum atomic E-state index is 13.0. The molecule has 0 aromatic rings. The lowest BCUT2D eigenvalue weighted by molar-refractivity contribution is -0.161. The van der Waals surface area contributed by atoms with Gasteiger partial charge in [-0.3, -0.25) is 37.3 Å². The molecule has 0 aliphatic carbocycles. The van der Waals surface area contributed by atoms with Crippen LogP contribution < -0.4 is 0 Å². The van der Waals surface area contributed by atoms with Crippen LogP contribution in [0.5, 0.6) is 0 Å². The van der Waals surface area contributed by atoms with E-state index in [0.717, 1.165) is 114 Å². The molecule has 0 aromatic carbocycles. The topological polar surface area (TPSA) is 237 Å². The van der Waals surface area contributed by atoms with Crippen LogP contribution in [0, 0.1) is 23.7 Å². The van der Waals surface area contributed by atoms with Crippen molar-refractivity contribution in [1.82, 2.24) is 0 Å². The molecule has 0 fully saturated rings. The number of aliphatic hydroxyl groups excluding tert-OH is 1. The number of ether oxygens (including phenoxy) is 4. The first-order valence-corrected chi connectivity index (χ1v) is 41.2. The van der Waals surface area contributed by atoms with Crippen molar-refractivity contribution in [3.63, 3.8) is 0 Å². The van der Waals surface area contributed by atoms with Crippen LogP contribution in [-0.2, 0) is 65.4 Å². The molecule has 6 atom stereocenters. The first kappa shape index (κ1) is 91.1. The Balaban J connectivity index is 5.23. The number of aliphatic hydroxyl groups is 1. The maximum absolute atomic E-state index is 13.0. The van der Waals surface area contributed by atoms with E-state index in [2.05, 4.69) is 55.4 Å². The van der Waals surface area contributed by atoms with E-state index in [1.807, 2.05) is 0 Å². The molecule has 0 radical (unpaired) electrons. The molecule has 4 unspecified atom stereocenters. The summed E-state index contributed by atoms with van der Waals surface area (Å²) in [5.74, 6) is 0.912. The van der Waals surface area contributed by atoms with Crippen LogP contribution in [0.1, 0.15) is 370 Å². The van der Waals surface area contributed by atoms with Crippen molar-refractivity contribution in [2.75, 3.05) is 39.6 Å². The summed E-state index contributed by atoms with van der Waals surface area (Å²) in [6.45, 7) is 14.1. The zero-order valence-electron chi connectivity index (χ0n) is 60.9. The predicted molar refractivity (Wildman–Crippen MR) is 377 cm³/mol. The van der Waals surface area contributed by atoms with Gasteiger partial charge in [-0.2, -0.15) is 0 Å². The second-order valence-electron chi connectivity index (χ2n) is 28.4. The summed E-state index contributed by atoms with van der Waals surface area (Å²) in [5, 5.41) is 10.6. The highest BCUT2D eigenvalue weighted by Gasteiger charge is 2.30. The molecule has 0 rings (SSSR count). The lowest BCUT2D eigenvalue weighted by Gasteiger charge is -2.21. The number of phosphoric ester groups is 2. The molecule has 3 N–H and O–H groups in total. The molecule has 0 saturated heterocycles. The molecule has 0 aliphatic rings. The van der Waals surface area contributed by atoms with Crippen LogP contribution in [0.2, 0.25) is 0 Å². The van der Waals surface area contributed by atoms with E-state index in [4.69, 9.17) is 37.0 Å². The van der Waals surface area contributed by atoms with Crippen molar-refractivity contribution in [3.8, 4) is 0 Å². The Kier molecular flexibility index (Phi) is 62.2. The quantitative estimate of drug-likeness (QED) is 0.0222. The Morgan fingerprint density at radius 1 is 0.301 bits per heavy atom. The van der Waals surface area contributed by atoms with E-state index >= 15 is 0 Å². The van der Waals surface area contributed by atoms with Gasteiger partial charge in [-0.1, -0.05) is 319 Å². The minimum atomic E-state index is -4.96. The number of hydrogen-bond donors (Lipinski definition) is 3. The number of phosphoric acid groups is 2. The van der Waals surface area contributed by atoms with Crippen molar-refractivity contribution in [2.45, 2.75) is 388 Å². The number of carbonyl (C=O) groups excluding carboxylic acids is 4. The summed E-state index contributed by atoms with van der Waals surface area (Å²) >= 11 is 0. The third-order valence-corrected chi connectivity index (χ3v) is 19.3. The van der Waals surface area contributed by atoms with Crippen molar-refractivity contribution in [3.05, 3.63) is 0 Å². The fourth-order valence-electron chi connectivity index (χ4n) is 11.2. The van der Waals surface area contributed by atoms with Gasteiger partial charge in [-0.25, -0.2) is 9.13 Å². The number of rotatable bonds is 71. The largest absolute Gasteiger partial charge is 0.472 e. The molecule has 552 valence electrons. The molecule has 0 bridgehead atoms. The van der Waals surface area contributed by atoms with Crippen molar-refractivity contribution >= 4 is 39.5 Å². The highest BCUT2D eigenvalue weighted by atomic mass is 31.2. The molecule has 0 spiro atoms. The van der Waals surface area contributed by atoms with Gasteiger partial charge >= 0.3 is 39.5 Å². The zero-order valence-corrected chi connectivity index (χ0v) is 62.7. The normalized spacial score (nSPS) is 14.5. The lowest BCUT2D eigenvalue weighted by Crippen LogP contribution is -2.30. The molecule has 0 aromatic heterocycles. The van der Waals surface area contributed by atoms with Gasteiger partial charge in [0.05, 0.1) is 26.4 Å². The zero-order chi connectivity index (χ0) is 68.9. The third kappa shape index (κ3) is 67.0. The number of hydrogen-bond acceptors (Lipinski definition) is 15. The molecule has 0 heterocycles. The molecular formula is C74H144O17P2. The second kappa shape index (κ2) is 63.5. The van der Waals surface area contributed by atoms with Crippen LogP contribution >= 0.6 is 15.6 Å². The highest BCUT2D eigenvalue weighted by molar-refractivity contribution is 7.47. The monoisotopic (exact) mass is 1370 g/mol. The third-order valence-electron chi connectivity index (χ3n) is 17.4. The van der Waals surface area contributed by atoms with Crippen molar-refractivity contribution < 1.29 is 80.2 Å². The summed E-state index contributed by atoms with van der Waals surface area (Å²) in [6, 6.07) is 0.